The molecule has 1 fully saturated rings. The Balaban J connectivity index is 0.000001000. The van der Waals surface area contributed by atoms with E-state index < -0.39 is 24.3 Å². The molecule has 0 radical (unpaired) electrons. The van der Waals surface area contributed by atoms with Gasteiger partial charge in [0.15, 0.2) is 0 Å². The first-order valence-corrected chi connectivity index (χ1v) is 2.81. The van der Waals surface area contributed by atoms with E-state index in [-0.39, 0.29) is 58.0 Å². The van der Waals surface area contributed by atoms with Crippen LogP contribution < -0.4 is 56.5 Å². The molecule has 0 amide bonds. The number of carbonyl (C=O) groups excluding carboxylic acids is 1. The molecular formula is C5H7KO5. The third-order valence-corrected chi connectivity index (χ3v) is 1.38. The zero-order valence-corrected chi connectivity index (χ0v) is 9.18. The van der Waals surface area contributed by atoms with Crippen LogP contribution in [0.4, 0.5) is 0 Å². The molecule has 1 aliphatic rings. The van der Waals surface area contributed by atoms with Gasteiger partial charge in [0.05, 0.1) is 12.6 Å². The van der Waals surface area contributed by atoms with Gasteiger partial charge in [0.2, 0.25) is 0 Å². The summed E-state index contributed by atoms with van der Waals surface area (Å²) in [6, 6.07) is 0. The Morgan fingerprint density at radius 1 is 1.55 bits per heavy atom. The maximum absolute atomic E-state index is 10.1. The number of rotatable bonds is 1. The predicted molar refractivity (Wildman–Crippen MR) is 26.8 cm³/mol. The Kier molecular flexibility index (Phi) is 5.32. The maximum Gasteiger partial charge on any atom is 1.00 e. The molecule has 0 spiro atoms. The van der Waals surface area contributed by atoms with E-state index in [4.69, 9.17) is 10.2 Å². The molecule has 6 heteroatoms. The van der Waals surface area contributed by atoms with Gasteiger partial charge in [0.1, 0.15) is 18.3 Å². The van der Waals surface area contributed by atoms with Gasteiger partial charge in [-0.1, -0.05) is 0 Å². The van der Waals surface area contributed by atoms with Gasteiger partial charge in [-0.15, -0.1) is 0 Å². The normalized spacial score (nSPS) is 36.4. The quantitative estimate of drug-likeness (QED) is 0.398. The van der Waals surface area contributed by atoms with Gasteiger partial charge in [0.25, 0.3) is 0 Å². The predicted octanol–water partition coefficient (Wildman–Crippen LogP) is -6.14. The summed E-state index contributed by atoms with van der Waals surface area (Å²) in [6.45, 7) is -0.153. The Morgan fingerprint density at radius 3 is 2.27 bits per heavy atom. The fourth-order valence-corrected chi connectivity index (χ4v) is 0.809. The summed E-state index contributed by atoms with van der Waals surface area (Å²) in [7, 11) is 0. The van der Waals surface area contributed by atoms with Crippen molar-refractivity contribution in [3.8, 4) is 0 Å². The molecule has 1 rings (SSSR count). The molecule has 0 unspecified atom stereocenters. The second kappa shape index (κ2) is 4.88. The summed E-state index contributed by atoms with van der Waals surface area (Å²) in [6.07, 6.45) is -3.84. The van der Waals surface area contributed by atoms with Crippen molar-refractivity contribution in [2.75, 3.05) is 6.61 Å². The van der Waals surface area contributed by atoms with E-state index in [0.717, 1.165) is 0 Å². The van der Waals surface area contributed by atoms with Crippen LogP contribution in [-0.4, -0.2) is 41.1 Å². The van der Waals surface area contributed by atoms with Crippen LogP contribution in [0.1, 0.15) is 0 Å². The maximum atomic E-state index is 10.1. The third-order valence-electron chi connectivity index (χ3n) is 1.38. The third kappa shape index (κ3) is 2.74. The second-order valence-corrected chi connectivity index (χ2v) is 2.13. The van der Waals surface area contributed by atoms with Gasteiger partial charge in [-0.25, -0.2) is 0 Å². The fourth-order valence-electron chi connectivity index (χ4n) is 0.809. The molecule has 0 aromatic rings. The number of aliphatic hydroxyl groups is 2. The minimum atomic E-state index is -1.50. The van der Waals surface area contributed by atoms with E-state index in [0.29, 0.717) is 0 Å². The average molecular weight is 186 g/mol. The molecule has 0 aromatic carbocycles. The Labute approximate surface area is 106 Å². The Morgan fingerprint density at radius 2 is 2.09 bits per heavy atom. The first-order chi connectivity index (χ1) is 4.63. The molecule has 0 aromatic heterocycles. The van der Waals surface area contributed by atoms with Crippen LogP contribution in [0.2, 0.25) is 0 Å². The monoisotopic (exact) mass is 186 g/mol. The van der Waals surface area contributed by atoms with Crippen LogP contribution in [-0.2, 0) is 9.53 Å². The van der Waals surface area contributed by atoms with E-state index in [1.54, 1.807) is 0 Å². The average Bonchev–Trinajstić information content (AvgIpc) is 2.14. The number of aliphatic carboxylic acids is 1. The first kappa shape index (κ1) is 12.0. The largest absolute Gasteiger partial charge is 1.00 e. The SMILES string of the molecule is O=C([O-])[C@@H]1OC[C@@H](O)[C@H]1O.[K+]. The smallest absolute Gasteiger partial charge is 0.547 e. The van der Waals surface area contributed by atoms with Crippen LogP contribution in [0, 0.1) is 0 Å². The fraction of sp³-hybridized carbons (Fsp3) is 0.800. The molecule has 1 saturated heterocycles. The number of hydrogen-bond acceptors (Lipinski definition) is 5. The van der Waals surface area contributed by atoms with Crippen LogP contribution in [0.15, 0.2) is 0 Å². The minimum Gasteiger partial charge on any atom is -0.547 e. The summed E-state index contributed by atoms with van der Waals surface area (Å²) in [4.78, 5) is 10.1. The molecule has 1 heterocycles. The van der Waals surface area contributed by atoms with Crippen LogP contribution >= 0.6 is 0 Å². The molecule has 1 aliphatic heterocycles. The minimum absolute atomic E-state index is 0. The van der Waals surface area contributed by atoms with Crippen LogP contribution in [0.3, 0.4) is 0 Å². The van der Waals surface area contributed by atoms with Crippen LogP contribution in [0.5, 0.6) is 0 Å². The number of ether oxygens (including phenoxy) is 1. The topological polar surface area (TPSA) is 89.8 Å². The molecule has 0 bridgehead atoms. The van der Waals surface area contributed by atoms with Crippen molar-refractivity contribution in [1.82, 2.24) is 0 Å². The van der Waals surface area contributed by atoms with Crippen molar-refractivity contribution in [2.45, 2.75) is 18.3 Å². The van der Waals surface area contributed by atoms with Gasteiger partial charge in [0, 0.05) is 0 Å². The number of carbonyl (C=O) groups is 1. The number of carboxylic acid groups (broad SMARTS) is 1. The van der Waals surface area contributed by atoms with E-state index in [1.807, 2.05) is 0 Å². The zero-order valence-electron chi connectivity index (χ0n) is 6.06. The molecule has 11 heavy (non-hydrogen) atoms. The standard InChI is InChI=1S/C5H8O5.K/c6-2-1-10-4(3(2)7)5(8)9;/h2-4,6-7H,1H2,(H,8,9);/q;+1/p-1/t2-,3-,4-;/m1./s1. The molecule has 58 valence electrons. The number of aliphatic hydroxyl groups excluding tert-OH is 2. The van der Waals surface area contributed by atoms with Crippen molar-refractivity contribution in [2.24, 2.45) is 0 Å². The number of hydrogen-bond donors (Lipinski definition) is 2. The van der Waals surface area contributed by atoms with Crippen molar-refractivity contribution in [3.63, 3.8) is 0 Å². The van der Waals surface area contributed by atoms with Crippen molar-refractivity contribution in [3.05, 3.63) is 0 Å². The molecule has 5 nitrogen and oxygen atoms in total. The van der Waals surface area contributed by atoms with Gasteiger partial charge >= 0.3 is 51.4 Å². The van der Waals surface area contributed by atoms with E-state index in [9.17, 15) is 9.90 Å². The van der Waals surface area contributed by atoms with Crippen molar-refractivity contribution >= 4 is 5.97 Å². The number of carboxylic acids is 1. The van der Waals surface area contributed by atoms with Gasteiger partial charge < -0.3 is 24.9 Å². The summed E-state index contributed by atoms with van der Waals surface area (Å²) in [5.41, 5.74) is 0. The molecule has 0 saturated carbocycles. The second-order valence-electron chi connectivity index (χ2n) is 2.13. The van der Waals surface area contributed by atoms with Crippen molar-refractivity contribution in [1.29, 1.82) is 0 Å². The molecule has 2 N–H and O–H groups in total. The summed E-state index contributed by atoms with van der Waals surface area (Å²) in [5, 5.41) is 27.6. The summed E-state index contributed by atoms with van der Waals surface area (Å²) < 4.78 is 4.48. The zero-order chi connectivity index (χ0) is 7.72. The molecular weight excluding hydrogens is 179 g/mol. The molecule has 3 atom stereocenters. The van der Waals surface area contributed by atoms with E-state index >= 15 is 0 Å². The van der Waals surface area contributed by atoms with Gasteiger partial charge in [-0.05, 0) is 0 Å². The molecule has 0 aliphatic carbocycles. The van der Waals surface area contributed by atoms with Crippen LogP contribution in [0.25, 0.3) is 0 Å². The van der Waals surface area contributed by atoms with Gasteiger partial charge in [-0.3, -0.25) is 0 Å². The first-order valence-electron chi connectivity index (χ1n) is 2.81. The summed E-state index contributed by atoms with van der Waals surface area (Å²) in [5.74, 6) is -1.50. The van der Waals surface area contributed by atoms with E-state index in [2.05, 4.69) is 4.74 Å². The van der Waals surface area contributed by atoms with Gasteiger partial charge in [-0.2, -0.15) is 0 Å². The van der Waals surface area contributed by atoms with Crippen molar-refractivity contribution < 1.29 is 76.2 Å². The Hall–Kier alpha value is 0.986. The summed E-state index contributed by atoms with van der Waals surface area (Å²) >= 11 is 0. The Bertz CT molecular complexity index is 150. The van der Waals surface area contributed by atoms with E-state index in [1.165, 1.54) is 0 Å².